The third-order valence-electron chi connectivity index (χ3n) is 5.71. The smallest absolute Gasteiger partial charge is 0.347 e. The van der Waals surface area contributed by atoms with Crippen molar-refractivity contribution < 1.29 is 19.4 Å². The summed E-state index contributed by atoms with van der Waals surface area (Å²) in [5.74, 6) is -0.334. The van der Waals surface area contributed by atoms with E-state index in [0.717, 1.165) is 33.7 Å². The molecule has 3 rings (SSSR count). The Labute approximate surface area is 182 Å². The number of carbonyl (C=O) groups excluding carboxylic acids is 1. The lowest BCUT2D eigenvalue weighted by Crippen LogP contribution is -2.38. The second-order valence-corrected chi connectivity index (χ2v) is 9.24. The van der Waals surface area contributed by atoms with E-state index >= 15 is 0 Å². The van der Waals surface area contributed by atoms with Gasteiger partial charge in [0.25, 0.3) is 0 Å². The van der Waals surface area contributed by atoms with Crippen molar-refractivity contribution in [3.8, 4) is 5.75 Å². The van der Waals surface area contributed by atoms with Gasteiger partial charge in [-0.25, -0.2) is 4.79 Å². The fourth-order valence-corrected chi connectivity index (χ4v) is 4.34. The average molecular weight is 428 g/mol. The normalized spacial score (nSPS) is 19.0. The predicted molar refractivity (Wildman–Crippen MR) is 120 cm³/mol. The Morgan fingerprint density at radius 1 is 1.10 bits per heavy atom. The maximum absolute atomic E-state index is 13.2. The first-order valence-corrected chi connectivity index (χ1v) is 11.3. The molecule has 160 valence electrons. The Hall–Kier alpha value is -2.31. The molecular weight excluding hydrogens is 398 g/mol. The summed E-state index contributed by atoms with van der Waals surface area (Å²) in [4.78, 5) is 25.8. The van der Waals surface area contributed by atoms with Crippen LogP contribution in [0, 0.1) is 19.8 Å². The summed E-state index contributed by atoms with van der Waals surface area (Å²) in [5.41, 5.74) is 2.26. The zero-order valence-corrected chi connectivity index (χ0v) is 18.9. The van der Waals surface area contributed by atoms with Gasteiger partial charge in [0.2, 0.25) is 0 Å². The number of nitrogens with one attached hydrogen (secondary N) is 1. The molecule has 0 aromatic heterocycles. The molecule has 1 aliphatic rings. The van der Waals surface area contributed by atoms with Crippen molar-refractivity contribution in [1.82, 2.24) is 5.32 Å². The molecule has 1 heterocycles. The van der Waals surface area contributed by atoms with E-state index in [1.54, 1.807) is 25.6 Å². The molecule has 30 heavy (non-hydrogen) atoms. The van der Waals surface area contributed by atoms with Crippen LogP contribution < -0.4 is 10.1 Å². The van der Waals surface area contributed by atoms with Crippen LogP contribution in [0.25, 0.3) is 0 Å². The van der Waals surface area contributed by atoms with E-state index in [2.05, 4.69) is 5.32 Å². The standard InChI is InChI=1S/C24H29NO4S/c1-14-10-17(11-15(2)22(14)29-24(3,4)23(27)28)19-12-25-13-20(19)21(26)16-6-8-18(30-5)9-7-16/h6-11,19-20,25H,12-13H2,1-5H3,(H,27,28)/t19?,20-/m1/s1. The number of Topliss-reactive ketones (excluding diaryl/α,β-unsaturated/α-hetero) is 1. The fourth-order valence-electron chi connectivity index (χ4n) is 3.93. The van der Waals surface area contributed by atoms with Gasteiger partial charge in [-0.15, -0.1) is 11.8 Å². The van der Waals surface area contributed by atoms with Gasteiger partial charge in [0.1, 0.15) is 5.75 Å². The molecule has 6 heteroatoms. The highest BCUT2D eigenvalue weighted by atomic mass is 32.2. The van der Waals surface area contributed by atoms with Crippen LogP contribution in [-0.2, 0) is 4.79 Å². The van der Waals surface area contributed by atoms with Gasteiger partial charge in [0, 0.05) is 35.4 Å². The number of carboxylic acids is 1. The first kappa shape index (κ1) is 22.4. The molecule has 2 N–H and O–H groups in total. The third kappa shape index (κ3) is 4.55. The molecule has 1 unspecified atom stereocenters. The van der Waals surface area contributed by atoms with Crippen LogP contribution in [0.15, 0.2) is 41.3 Å². The molecule has 2 aromatic carbocycles. The second kappa shape index (κ2) is 8.82. The number of carbonyl (C=O) groups is 2. The molecule has 1 aliphatic heterocycles. The molecule has 2 aromatic rings. The van der Waals surface area contributed by atoms with Gasteiger partial charge in [-0.2, -0.15) is 0 Å². The minimum atomic E-state index is -1.31. The highest BCUT2D eigenvalue weighted by Crippen LogP contribution is 2.36. The summed E-state index contributed by atoms with van der Waals surface area (Å²) in [7, 11) is 0. The second-order valence-electron chi connectivity index (χ2n) is 8.37. The molecule has 1 saturated heterocycles. The number of hydrogen-bond donors (Lipinski definition) is 2. The van der Waals surface area contributed by atoms with E-state index < -0.39 is 11.6 Å². The number of hydrogen-bond acceptors (Lipinski definition) is 5. The Morgan fingerprint density at radius 3 is 2.23 bits per heavy atom. The summed E-state index contributed by atoms with van der Waals surface area (Å²) in [6.45, 7) is 8.31. The molecule has 2 atom stereocenters. The van der Waals surface area contributed by atoms with Crippen molar-refractivity contribution in [2.24, 2.45) is 5.92 Å². The van der Waals surface area contributed by atoms with Crippen LogP contribution in [-0.4, -0.2) is 41.8 Å². The Morgan fingerprint density at radius 2 is 1.70 bits per heavy atom. The molecule has 0 radical (unpaired) electrons. The minimum Gasteiger partial charge on any atom is -0.478 e. The molecule has 1 fully saturated rings. The molecule has 0 aliphatic carbocycles. The van der Waals surface area contributed by atoms with Crippen LogP contribution in [0.4, 0.5) is 0 Å². The minimum absolute atomic E-state index is 0.0664. The van der Waals surface area contributed by atoms with Crippen LogP contribution in [0.1, 0.15) is 46.8 Å². The Balaban J connectivity index is 1.87. The largest absolute Gasteiger partial charge is 0.478 e. The summed E-state index contributed by atoms with van der Waals surface area (Å²) in [5, 5.41) is 12.7. The highest BCUT2D eigenvalue weighted by Gasteiger charge is 2.35. The van der Waals surface area contributed by atoms with Crippen molar-refractivity contribution in [3.05, 3.63) is 58.7 Å². The maximum Gasteiger partial charge on any atom is 0.347 e. The van der Waals surface area contributed by atoms with Crippen molar-refractivity contribution in [2.45, 2.75) is 44.1 Å². The van der Waals surface area contributed by atoms with E-state index in [9.17, 15) is 14.7 Å². The topological polar surface area (TPSA) is 75.6 Å². The number of thioether (sulfide) groups is 1. The molecule has 0 amide bonds. The lowest BCUT2D eigenvalue weighted by Gasteiger charge is -2.26. The Bertz CT molecular complexity index is 929. The van der Waals surface area contributed by atoms with Crippen LogP contribution >= 0.6 is 11.8 Å². The summed E-state index contributed by atoms with van der Waals surface area (Å²) < 4.78 is 5.82. The van der Waals surface area contributed by atoms with Gasteiger partial charge in [-0.05, 0) is 62.8 Å². The fraction of sp³-hybridized carbons (Fsp3) is 0.417. The first-order chi connectivity index (χ1) is 14.1. The van der Waals surface area contributed by atoms with Crippen LogP contribution in [0.2, 0.25) is 0 Å². The van der Waals surface area contributed by atoms with Crippen LogP contribution in [0.3, 0.4) is 0 Å². The third-order valence-corrected chi connectivity index (χ3v) is 6.45. The number of aryl methyl sites for hydroxylation is 2. The van der Waals surface area contributed by atoms with E-state index in [4.69, 9.17) is 4.74 Å². The van der Waals surface area contributed by atoms with Gasteiger partial charge >= 0.3 is 5.97 Å². The number of benzene rings is 2. The van der Waals surface area contributed by atoms with E-state index in [1.165, 1.54) is 0 Å². The van der Waals surface area contributed by atoms with Crippen molar-refractivity contribution in [2.75, 3.05) is 19.3 Å². The first-order valence-electron chi connectivity index (χ1n) is 10.1. The molecular formula is C24H29NO4S. The number of carboxylic acid groups (broad SMARTS) is 1. The van der Waals surface area contributed by atoms with Crippen LogP contribution in [0.5, 0.6) is 5.75 Å². The molecule has 0 bridgehead atoms. The summed E-state index contributed by atoms with van der Waals surface area (Å²) in [6.07, 6.45) is 2.02. The van der Waals surface area contributed by atoms with Crippen molar-refractivity contribution in [3.63, 3.8) is 0 Å². The van der Waals surface area contributed by atoms with Gasteiger partial charge in [-0.3, -0.25) is 4.79 Å². The van der Waals surface area contributed by atoms with Gasteiger partial charge in [0.05, 0.1) is 0 Å². The monoisotopic (exact) mass is 427 g/mol. The number of rotatable bonds is 7. The SMILES string of the molecule is CSc1ccc(C(=O)[C@@H]2CNCC2c2cc(C)c(OC(C)(C)C(=O)O)c(C)c2)cc1. The van der Waals surface area contributed by atoms with Gasteiger partial charge in [-0.1, -0.05) is 24.3 Å². The quantitative estimate of drug-likeness (QED) is 0.502. The highest BCUT2D eigenvalue weighted by molar-refractivity contribution is 7.98. The maximum atomic E-state index is 13.2. The molecule has 0 saturated carbocycles. The van der Waals surface area contributed by atoms with Gasteiger partial charge < -0.3 is 15.2 Å². The number of aliphatic carboxylic acids is 1. The van der Waals surface area contributed by atoms with Gasteiger partial charge in [0.15, 0.2) is 11.4 Å². The van der Waals surface area contributed by atoms with Crippen molar-refractivity contribution in [1.29, 1.82) is 0 Å². The van der Waals surface area contributed by atoms with E-state index in [-0.39, 0.29) is 17.6 Å². The average Bonchev–Trinajstić information content (AvgIpc) is 3.20. The van der Waals surface area contributed by atoms with E-state index in [1.807, 2.05) is 56.5 Å². The predicted octanol–water partition coefficient (Wildman–Crippen LogP) is 4.45. The lowest BCUT2D eigenvalue weighted by molar-refractivity contribution is -0.152. The molecule has 0 spiro atoms. The number of ether oxygens (including phenoxy) is 1. The summed E-state index contributed by atoms with van der Waals surface area (Å²) >= 11 is 1.66. The zero-order valence-electron chi connectivity index (χ0n) is 18.1. The number of ketones is 1. The lowest BCUT2D eigenvalue weighted by atomic mass is 9.82. The Kier molecular flexibility index (Phi) is 6.58. The van der Waals surface area contributed by atoms with E-state index in [0.29, 0.717) is 12.3 Å². The van der Waals surface area contributed by atoms with Crippen molar-refractivity contribution >= 4 is 23.5 Å². The zero-order chi connectivity index (χ0) is 22.1. The summed E-state index contributed by atoms with van der Waals surface area (Å²) in [6, 6.07) is 11.8. The molecule has 5 nitrogen and oxygen atoms in total.